The first-order valence-corrected chi connectivity index (χ1v) is 5.93. The summed E-state index contributed by atoms with van der Waals surface area (Å²) in [4.78, 5) is 0. The minimum Gasteiger partial charge on any atom is -0.375 e. The summed E-state index contributed by atoms with van der Waals surface area (Å²) < 4.78 is 28.1. The average molecular weight is 238 g/mol. The zero-order valence-electron chi connectivity index (χ0n) is 10.3. The molecular weight excluding hydrogens is 214 g/mol. The number of hydrogen-bond acceptors (Lipinski definition) is 3. The van der Waals surface area contributed by atoms with Crippen molar-refractivity contribution in [3.05, 3.63) is 0 Å². The maximum Gasteiger partial charge on any atom is 0.261 e. The summed E-state index contributed by atoms with van der Waals surface area (Å²) in [5, 5.41) is 6.56. The molecule has 3 nitrogen and oxygen atoms in total. The molecule has 0 aliphatic carbocycles. The first kappa shape index (κ1) is 15.7. The molecule has 5 heteroatoms. The van der Waals surface area contributed by atoms with E-state index in [9.17, 15) is 8.78 Å². The number of alkyl halides is 2. The van der Waals surface area contributed by atoms with Crippen LogP contribution in [0.25, 0.3) is 0 Å². The van der Waals surface area contributed by atoms with Crippen LogP contribution in [0.1, 0.15) is 26.7 Å². The van der Waals surface area contributed by atoms with Gasteiger partial charge in [-0.05, 0) is 32.5 Å². The summed E-state index contributed by atoms with van der Waals surface area (Å²) in [7, 11) is 0. The maximum absolute atomic E-state index is 11.7. The van der Waals surface area contributed by atoms with E-state index in [-0.39, 0.29) is 0 Å². The van der Waals surface area contributed by atoms with Gasteiger partial charge in [-0.2, -0.15) is 0 Å². The fraction of sp³-hybridized carbons (Fsp3) is 1.00. The van der Waals surface area contributed by atoms with Gasteiger partial charge in [-0.3, -0.25) is 0 Å². The van der Waals surface area contributed by atoms with E-state index in [4.69, 9.17) is 4.74 Å². The molecule has 0 aromatic carbocycles. The van der Waals surface area contributed by atoms with Gasteiger partial charge in [-0.15, -0.1) is 0 Å². The Morgan fingerprint density at radius 2 is 1.75 bits per heavy atom. The van der Waals surface area contributed by atoms with Gasteiger partial charge in [0.25, 0.3) is 6.43 Å². The van der Waals surface area contributed by atoms with Crippen molar-refractivity contribution in [2.24, 2.45) is 0 Å². The number of nitrogens with one attached hydrogen (secondary N) is 2. The Labute approximate surface area is 96.9 Å². The molecule has 0 spiro atoms. The lowest BCUT2D eigenvalue weighted by Crippen LogP contribution is -2.27. The Bertz CT molecular complexity index is 130. The van der Waals surface area contributed by atoms with E-state index in [0.29, 0.717) is 12.6 Å². The molecule has 0 aliphatic heterocycles. The van der Waals surface area contributed by atoms with Crippen molar-refractivity contribution in [1.29, 1.82) is 0 Å². The van der Waals surface area contributed by atoms with Crippen LogP contribution in [0.2, 0.25) is 0 Å². The molecule has 0 fully saturated rings. The molecule has 0 amide bonds. The normalized spacial score (nSPS) is 11.6. The Hall–Kier alpha value is -0.260. The minimum atomic E-state index is -2.35. The molecule has 0 bridgehead atoms. The quantitative estimate of drug-likeness (QED) is 0.537. The van der Waals surface area contributed by atoms with Gasteiger partial charge >= 0.3 is 0 Å². The Balaban J connectivity index is 2.93. The van der Waals surface area contributed by atoms with Crippen LogP contribution in [0, 0.1) is 0 Å². The van der Waals surface area contributed by atoms with Crippen LogP contribution in [0.15, 0.2) is 0 Å². The highest BCUT2D eigenvalue weighted by molar-refractivity contribution is 4.55. The van der Waals surface area contributed by atoms with Crippen LogP contribution in [0.5, 0.6) is 0 Å². The molecule has 0 radical (unpaired) electrons. The Morgan fingerprint density at radius 1 is 1.06 bits per heavy atom. The summed E-state index contributed by atoms with van der Waals surface area (Å²) in [5.74, 6) is 0. The highest BCUT2D eigenvalue weighted by Gasteiger charge is 2.00. The zero-order chi connectivity index (χ0) is 12.2. The van der Waals surface area contributed by atoms with Crippen LogP contribution >= 0.6 is 0 Å². The molecule has 0 saturated carbocycles. The monoisotopic (exact) mass is 238 g/mol. The average Bonchev–Trinajstić information content (AvgIpc) is 2.20. The smallest absolute Gasteiger partial charge is 0.261 e. The van der Waals surface area contributed by atoms with Gasteiger partial charge in [0.2, 0.25) is 0 Å². The van der Waals surface area contributed by atoms with Crippen molar-refractivity contribution in [3.8, 4) is 0 Å². The van der Waals surface area contributed by atoms with Crippen molar-refractivity contribution < 1.29 is 13.5 Å². The zero-order valence-corrected chi connectivity index (χ0v) is 10.3. The Kier molecular flexibility index (Phi) is 11.0. The minimum absolute atomic E-state index is 0.404. The lowest BCUT2D eigenvalue weighted by Gasteiger charge is -2.08. The molecule has 0 aromatic heterocycles. The van der Waals surface area contributed by atoms with Crippen molar-refractivity contribution in [2.45, 2.75) is 39.2 Å². The summed E-state index contributed by atoms with van der Waals surface area (Å²) in [5.41, 5.74) is 0. The maximum atomic E-state index is 11.7. The van der Waals surface area contributed by atoms with Gasteiger partial charge in [0.05, 0.1) is 0 Å². The second-order valence-corrected chi connectivity index (χ2v) is 4.03. The fourth-order valence-corrected chi connectivity index (χ4v) is 1.20. The summed E-state index contributed by atoms with van der Waals surface area (Å²) in [6, 6.07) is 0.530. The van der Waals surface area contributed by atoms with E-state index >= 15 is 0 Å². The summed E-state index contributed by atoms with van der Waals surface area (Å²) >= 11 is 0. The largest absolute Gasteiger partial charge is 0.375 e. The molecule has 0 heterocycles. The summed E-state index contributed by atoms with van der Waals surface area (Å²) in [6.45, 7) is 6.98. The van der Waals surface area contributed by atoms with Crippen molar-refractivity contribution in [3.63, 3.8) is 0 Å². The lowest BCUT2D eigenvalue weighted by atomic mass is 10.3. The third-order valence-electron chi connectivity index (χ3n) is 1.97. The molecule has 0 atom stereocenters. The highest BCUT2D eigenvalue weighted by atomic mass is 19.3. The SMILES string of the molecule is CC(C)NCCCNCCCOCC(F)F. The number of ether oxygens (including phenoxy) is 1. The van der Waals surface area contributed by atoms with Crippen LogP contribution < -0.4 is 10.6 Å². The van der Waals surface area contributed by atoms with E-state index in [2.05, 4.69) is 24.5 Å². The fourth-order valence-electron chi connectivity index (χ4n) is 1.20. The first-order valence-electron chi connectivity index (χ1n) is 5.93. The molecule has 0 rings (SSSR count). The van der Waals surface area contributed by atoms with Crippen molar-refractivity contribution in [2.75, 3.05) is 32.8 Å². The predicted molar refractivity (Wildman–Crippen MR) is 62.1 cm³/mol. The van der Waals surface area contributed by atoms with Crippen LogP contribution in [0.3, 0.4) is 0 Å². The van der Waals surface area contributed by atoms with Gasteiger partial charge in [0, 0.05) is 12.6 Å². The Morgan fingerprint density at radius 3 is 2.38 bits per heavy atom. The third kappa shape index (κ3) is 13.7. The standard InChI is InChI=1S/C11H24F2N2O/c1-10(2)15-7-3-5-14-6-4-8-16-9-11(12)13/h10-11,14-15H,3-9H2,1-2H3. The molecule has 2 N–H and O–H groups in total. The van der Waals surface area contributed by atoms with Crippen LogP contribution in [-0.4, -0.2) is 45.3 Å². The van der Waals surface area contributed by atoms with E-state index in [1.807, 2.05) is 0 Å². The van der Waals surface area contributed by atoms with Crippen molar-refractivity contribution >= 4 is 0 Å². The molecule has 98 valence electrons. The van der Waals surface area contributed by atoms with Gasteiger partial charge in [-0.25, -0.2) is 8.78 Å². The van der Waals surface area contributed by atoms with Crippen LogP contribution in [-0.2, 0) is 4.74 Å². The van der Waals surface area contributed by atoms with E-state index < -0.39 is 13.0 Å². The third-order valence-corrected chi connectivity index (χ3v) is 1.97. The second-order valence-electron chi connectivity index (χ2n) is 4.03. The van der Waals surface area contributed by atoms with Crippen LogP contribution in [0.4, 0.5) is 8.78 Å². The van der Waals surface area contributed by atoms with Gasteiger partial charge in [0.1, 0.15) is 6.61 Å². The van der Waals surface area contributed by atoms with E-state index in [0.717, 1.165) is 32.5 Å². The topological polar surface area (TPSA) is 33.3 Å². The molecule has 0 aliphatic rings. The molecule has 0 saturated heterocycles. The molecule has 0 unspecified atom stereocenters. The lowest BCUT2D eigenvalue weighted by molar-refractivity contribution is 0.0168. The van der Waals surface area contributed by atoms with Crippen molar-refractivity contribution in [1.82, 2.24) is 10.6 Å². The van der Waals surface area contributed by atoms with Gasteiger partial charge in [0.15, 0.2) is 0 Å². The second kappa shape index (κ2) is 11.2. The van der Waals surface area contributed by atoms with Gasteiger partial charge < -0.3 is 15.4 Å². The number of halogens is 2. The summed E-state index contributed by atoms with van der Waals surface area (Å²) in [6.07, 6.45) is -0.490. The van der Waals surface area contributed by atoms with Gasteiger partial charge in [-0.1, -0.05) is 13.8 Å². The number of rotatable bonds is 11. The molecule has 16 heavy (non-hydrogen) atoms. The number of hydrogen-bond donors (Lipinski definition) is 2. The highest BCUT2D eigenvalue weighted by Crippen LogP contribution is 1.92. The first-order chi connectivity index (χ1) is 7.63. The van der Waals surface area contributed by atoms with E-state index in [1.165, 1.54) is 0 Å². The molecule has 0 aromatic rings. The van der Waals surface area contributed by atoms with E-state index in [1.54, 1.807) is 0 Å². The molecular formula is C11H24F2N2O. The predicted octanol–water partition coefficient (Wildman–Crippen LogP) is 1.64.